The Balaban J connectivity index is 2.10. The molecular formula is C19H31N. The molecule has 1 nitrogen and oxygen atoms in total. The summed E-state index contributed by atoms with van der Waals surface area (Å²) >= 11 is 0. The molecular weight excluding hydrogens is 242 g/mol. The summed E-state index contributed by atoms with van der Waals surface area (Å²) in [4.78, 5) is 0. The van der Waals surface area contributed by atoms with Crippen LogP contribution in [-0.2, 0) is 6.42 Å². The average Bonchev–Trinajstić information content (AvgIpc) is 2.44. The summed E-state index contributed by atoms with van der Waals surface area (Å²) < 4.78 is 0. The highest BCUT2D eigenvalue weighted by atomic mass is 14.9. The molecule has 1 aromatic carbocycles. The molecule has 20 heavy (non-hydrogen) atoms. The van der Waals surface area contributed by atoms with Gasteiger partial charge in [-0.3, -0.25) is 0 Å². The Morgan fingerprint density at radius 3 is 2.60 bits per heavy atom. The van der Waals surface area contributed by atoms with E-state index in [-0.39, 0.29) is 0 Å². The van der Waals surface area contributed by atoms with Crippen molar-refractivity contribution in [3.8, 4) is 0 Å². The molecule has 0 aromatic heterocycles. The van der Waals surface area contributed by atoms with Gasteiger partial charge in [-0.1, -0.05) is 62.9 Å². The number of rotatable bonds is 6. The molecule has 0 radical (unpaired) electrons. The van der Waals surface area contributed by atoms with Crippen LogP contribution in [0, 0.1) is 12.3 Å². The van der Waals surface area contributed by atoms with Crippen LogP contribution in [0.2, 0.25) is 0 Å². The van der Waals surface area contributed by atoms with Gasteiger partial charge >= 0.3 is 0 Å². The van der Waals surface area contributed by atoms with E-state index in [1.54, 1.807) is 0 Å². The first-order valence-electron chi connectivity index (χ1n) is 8.43. The maximum atomic E-state index is 3.85. The van der Waals surface area contributed by atoms with Crippen LogP contribution in [0.3, 0.4) is 0 Å². The maximum Gasteiger partial charge on any atom is 0.0161 e. The Bertz CT molecular complexity index is 404. The third-order valence-corrected chi connectivity index (χ3v) is 5.00. The van der Waals surface area contributed by atoms with Crippen LogP contribution in [0.1, 0.15) is 63.5 Å². The van der Waals surface area contributed by atoms with E-state index in [1.165, 1.54) is 56.1 Å². The maximum absolute atomic E-state index is 3.85. The molecule has 0 saturated heterocycles. The van der Waals surface area contributed by atoms with Crippen LogP contribution >= 0.6 is 0 Å². The van der Waals surface area contributed by atoms with Crippen LogP contribution < -0.4 is 5.32 Å². The van der Waals surface area contributed by atoms with E-state index in [2.05, 4.69) is 50.4 Å². The average molecular weight is 273 g/mol. The minimum absolute atomic E-state index is 0.483. The fourth-order valence-corrected chi connectivity index (χ4v) is 3.67. The van der Waals surface area contributed by atoms with Gasteiger partial charge in [0.15, 0.2) is 0 Å². The van der Waals surface area contributed by atoms with E-state index >= 15 is 0 Å². The van der Waals surface area contributed by atoms with Gasteiger partial charge in [0, 0.05) is 6.04 Å². The van der Waals surface area contributed by atoms with Crippen LogP contribution in [0.5, 0.6) is 0 Å². The van der Waals surface area contributed by atoms with Crippen molar-refractivity contribution < 1.29 is 0 Å². The van der Waals surface area contributed by atoms with Crippen molar-refractivity contribution in [2.45, 2.75) is 71.8 Å². The molecule has 1 unspecified atom stereocenters. The number of hydrogen-bond acceptors (Lipinski definition) is 1. The number of nitrogens with one attached hydrogen (secondary N) is 1. The molecule has 1 heteroatoms. The molecule has 0 heterocycles. The van der Waals surface area contributed by atoms with Crippen LogP contribution in [0.15, 0.2) is 24.3 Å². The first kappa shape index (κ1) is 15.6. The molecule has 1 aromatic rings. The first-order valence-corrected chi connectivity index (χ1v) is 8.43. The predicted molar refractivity (Wildman–Crippen MR) is 88.2 cm³/mol. The van der Waals surface area contributed by atoms with E-state index in [0.717, 1.165) is 6.54 Å². The SMILES string of the molecule is CCCNC(Cc1cccc(C)c1)C1(C)CCCCC1. The van der Waals surface area contributed by atoms with Crippen molar-refractivity contribution in [1.29, 1.82) is 0 Å². The third-order valence-electron chi connectivity index (χ3n) is 5.00. The molecule has 0 spiro atoms. The summed E-state index contributed by atoms with van der Waals surface area (Å²) in [6.45, 7) is 8.11. The zero-order chi connectivity index (χ0) is 14.4. The van der Waals surface area contributed by atoms with Gasteiger partial charge in [0.05, 0.1) is 0 Å². The topological polar surface area (TPSA) is 12.0 Å². The lowest BCUT2D eigenvalue weighted by atomic mass is 9.69. The second-order valence-corrected chi connectivity index (χ2v) is 6.91. The Labute approximate surface area is 125 Å². The van der Waals surface area contributed by atoms with Crippen LogP contribution in [-0.4, -0.2) is 12.6 Å². The Hall–Kier alpha value is -0.820. The molecule has 2 rings (SSSR count). The Morgan fingerprint density at radius 1 is 1.20 bits per heavy atom. The third kappa shape index (κ3) is 4.09. The predicted octanol–water partition coefficient (Wildman–Crippen LogP) is 4.88. The quantitative estimate of drug-likeness (QED) is 0.779. The highest BCUT2D eigenvalue weighted by Gasteiger charge is 2.34. The second kappa shape index (κ2) is 7.26. The fraction of sp³-hybridized carbons (Fsp3) is 0.684. The van der Waals surface area contributed by atoms with E-state index < -0.39 is 0 Å². The van der Waals surface area contributed by atoms with Crippen molar-refractivity contribution in [1.82, 2.24) is 5.32 Å². The van der Waals surface area contributed by atoms with Crippen molar-refractivity contribution in [2.24, 2.45) is 5.41 Å². The van der Waals surface area contributed by atoms with E-state index in [9.17, 15) is 0 Å². The molecule has 0 aliphatic heterocycles. The molecule has 1 N–H and O–H groups in total. The van der Waals surface area contributed by atoms with Crippen molar-refractivity contribution in [2.75, 3.05) is 6.54 Å². The zero-order valence-corrected chi connectivity index (χ0v) is 13.5. The van der Waals surface area contributed by atoms with Gasteiger partial charge in [-0.2, -0.15) is 0 Å². The highest BCUT2D eigenvalue weighted by molar-refractivity contribution is 5.23. The number of benzene rings is 1. The van der Waals surface area contributed by atoms with Gasteiger partial charge in [0.25, 0.3) is 0 Å². The number of aryl methyl sites for hydroxylation is 1. The summed E-state index contributed by atoms with van der Waals surface area (Å²) in [5.74, 6) is 0. The van der Waals surface area contributed by atoms with Crippen molar-refractivity contribution in [3.63, 3.8) is 0 Å². The second-order valence-electron chi connectivity index (χ2n) is 6.91. The van der Waals surface area contributed by atoms with Gasteiger partial charge in [-0.05, 0) is 50.1 Å². The molecule has 1 saturated carbocycles. The van der Waals surface area contributed by atoms with Crippen LogP contribution in [0.25, 0.3) is 0 Å². The summed E-state index contributed by atoms with van der Waals surface area (Å²) in [6, 6.07) is 9.67. The van der Waals surface area contributed by atoms with E-state index in [4.69, 9.17) is 0 Å². The van der Waals surface area contributed by atoms with Gasteiger partial charge in [0.2, 0.25) is 0 Å². The van der Waals surface area contributed by atoms with Crippen molar-refractivity contribution in [3.05, 3.63) is 35.4 Å². The molecule has 1 atom stereocenters. The lowest BCUT2D eigenvalue weighted by Gasteiger charge is -2.41. The van der Waals surface area contributed by atoms with Crippen LogP contribution in [0.4, 0.5) is 0 Å². The Kier molecular flexibility index (Phi) is 5.65. The largest absolute Gasteiger partial charge is 0.313 e. The standard InChI is InChI=1S/C19H31N/c1-4-13-20-18(19(3)11-6-5-7-12-19)15-17-10-8-9-16(2)14-17/h8-10,14,18,20H,4-7,11-13,15H2,1-3H3. The minimum Gasteiger partial charge on any atom is -0.313 e. The normalized spacial score (nSPS) is 19.8. The van der Waals surface area contributed by atoms with Gasteiger partial charge in [-0.15, -0.1) is 0 Å². The minimum atomic E-state index is 0.483. The summed E-state index contributed by atoms with van der Waals surface area (Å²) in [6.07, 6.45) is 9.43. The fourth-order valence-electron chi connectivity index (χ4n) is 3.67. The molecule has 1 aliphatic rings. The van der Waals surface area contributed by atoms with Crippen molar-refractivity contribution >= 4 is 0 Å². The summed E-state index contributed by atoms with van der Waals surface area (Å²) in [5.41, 5.74) is 3.35. The lowest BCUT2D eigenvalue weighted by molar-refractivity contribution is 0.143. The molecule has 1 fully saturated rings. The van der Waals surface area contributed by atoms with E-state index in [1.807, 2.05) is 0 Å². The number of hydrogen-bond donors (Lipinski definition) is 1. The highest BCUT2D eigenvalue weighted by Crippen LogP contribution is 2.39. The Morgan fingerprint density at radius 2 is 1.95 bits per heavy atom. The van der Waals surface area contributed by atoms with Gasteiger partial charge in [0.1, 0.15) is 0 Å². The lowest BCUT2D eigenvalue weighted by Crippen LogP contribution is -2.46. The van der Waals surface area contributed by atoms with Gasteiger partial charge < -0.3 is 5.32 Å². The summed E-state index contributed by atoms with van der Waals surface area (Å²) in [5, 5.41) is 3.85. The molecule has 1 aliphatic carbocycles. The molecule has 112 valence electrons. The zero-order valence-electron chi connectivity index (χ0n) is 13.5. The summed E-state index contributed by atoms with van der Waals surface area (Å²) in [7, 11) is 0. The molecule has 0 bridgehead atoms. The van der Waals surface area contributed by atoms with Gasteiger partial charge in [-0.25, -0.2) is 0 Å². The van der Waals surface area contributed by atoms with E-state index in [0.29, 0.717) is 11.5 Å². The smallest absolute Gasteiger partial charge is 0.0161 e. The monoisotopic (exact) mass is 273 g/mol. The molecule has 0 amide bonds. The first-order chi connectivity index (χ1) is 9.64.